The van der Waals surface area contributed by atoms with Crippen LogP contribution in [0.2, 0.25) is 0 Å². The minimum absolute atomic E-state index is 0.226. The van der Waals surface area contributed by atoms with Crippen LogP contribution < -0.4 is 0 Å². The number of fused-ring (bicyclic) bond motifs is 3. The summed E-state index contributed by atoms with van der Waals surface area (Å²) in [6, 6.07) is 17.0. The summed E-state index contributed by atoms with van der Waals surface area (Å²) in [6.07, 6.45) is 1.49. The predicted molar refractivity (Wildman–Crippen MR) is 111 cm³/mol. The smallest absolute Gasteiger partial charge is 0.158 e. The summed E-state index contributed by atoms with van der Waals surface area (Å²) >= 11 is 1.43. The van der Waals surface area contributed by atoms with Gasteiger partial charge in [-0.3, -0.25) is 0 Å². The fraction of sp³-hybridized carbons (Fsp3) is 0.0909. The second kappa shape index (κ2) is 6.48. The fourth-order valence-electron chi connectivity index (χ4n) is 3.62. The van der Waals surface area contributed by atoms with Crippen molar-refractivity contribution in [3.8, 4) is 28.7 Å². The second-order valence-electron chi connectivity index (χ2n) is 6.85. The van der Waals surface area contributed by atoms with Crippen molar-refractivity contribution in [2.75, 3.05) is 0 Å². The maximum atomic E-state index is 11.7. The molecule has 140 valence electrons. The zero-order valence-corrected chi connectivity index (χ0v) is 16.1. The van der Waals surface area contributed by atoms with E-state index in [2.05, 4.69) is 22.7 Å². The minimum atomic E-state index is -1.34. The quantitative estimate of drug-likeness (QED) is 0.567. The van der Waals surface area contributed by atoms with Gasteiger partial charge < -0.3 is 5.11 Å². The van der Waals surface area contributed by atoms with Crippen molar-refractivity contribution in [1.29, 1.82) is 5.26 Å². The lowest BCUT2D eigenvalue weighted by Crippen LogP contribution is -2.37. The molecular formula is C22H15N5OS. The van der Waals surface area contributed by atoms with Crippen LogP contribution in [0.1, 0.15) is 16.1 Å². The van der Waals surface area contributed by atoms with E-state index in [1.165, 1.54) is 17.7 Å². The highest BCUT2D eigenvalue weighted by molar-refractivity contribution is 7.11. The number of aromatic nitrogens is 4. The van der Waals surface area contributed by atoms with E-state index in [1.807, 2.05) is 41.8 Å². The summed E-state index contributed by atoms with van der Waals surface area (Å²) in [5.74, 6) is 0.732. The third kappa shape index (κ3) is 2.70. The molecule has 6 nitrogen and oxygen atoms in total. The first kappa shape index (κ1) is 17.5. The van der Waals surface area contributed by atoms with E-state index in [1.54, 1.807) is 16.8 Å². The Bertz CT molecular complexity index is 1280. The van der Waals surface area contributed by atoms with E-state index in [0.29, 0.717) is 16.1 Å². The molecule has 3 heterocycles. The largest absolute Gasteiger partial charge is 0.378 e. The number of rotatable bonds is 3. The Labute approximate surface area is 171 Å². The highest BCUT2D eigenvalue weighted by atomic mass is 32.1. The molecule has 0 amide bonds. The van der Waals surface area contributed by atoms with Crippen LogP contribution in [0.3, 0.4) is 0 Å². The van der Waals surface area contributed by atoms with E-state index in [9.17, 15) is 5.11 Å². The molecule has 0 saturated carbocycles. The molecule has 0 aliphatic carbocycles. The number of hydrogen-bond donors (Lipinski definition) is 1. The van der Waals surface area contributed by atoms with Crippen LogP contribution in [-0.2, 0) is 12.1 Å². The summed E-state index contributed by atoms with van der Waals surface area (Å²) in [5.41, 5.74) is 3.07. The van der Waals surface area contributed by atoms with Crippen LogP contribution in [-0.4, -0.2) is 24.9 Å². The van der Waals surface area contributed by atoms with Gasteiger partial charge in [-0.15, -0.1) is 11.3 Å². The van der Waals surface area contributed by atoms with E-state index in [-0.39, 0.29) is 6.54 Å². The fourth-order valence-corrected chi connectivity index (χ4v) is 4.50. The van der Waals surface area contributed by atoms with Gasteiger partial charge in [-0.05, 0) is 12.1 Å². The number of aliphatic hydroxyl groups is 1. The van der Waals surface area contributed by atoms with Crippen molar-refractivity contribution < 1.29 is 5.11 Å². The molecule has 0 bridgehead atoms. The molecule has 1 aliphatic rings. The summed E-state index contributed by atoms with van der Waals surface area (Å²) in [4.78, 5) is 9.03. The van der Waals surface area contributed by atoms with Gasteiger partial charge in [0.05, 0.1) is 23.9 Å². The van der Waals surface area contributed by atoms with Gasteiger partial charge in [0.15, 0.2) is 5.82 Å². The Balaban J connectivity index is 1.54. The molecular weight excluding hydrogens is 382 g/mol. The zero-order valence-electron chi connectivity index (χ0n) is 15.3. The third-order valence-corrected chi connectivity index (χ3v) is 6.08. The summed E-state index contributed by atoms with van der Waals surface area (Å²) < 4.78 is 1.70. The average Bonchev–Trinajstić information content (AvgIpc) is 3.43. The molecule has 1 atom stereocenters. The van der Waals surface area contributed by atoms with Gasteiger partial charge in [-0.2, -0.15) is 10.4 Å². The van der Waals surface area contributed by atoms with Gasteiger partial charge in [0.25, 0.3) is 0 Å². The number of hydrogen-bond acceptors (Lipinski definition) is 6. The Hall–Kier alpha value is -3.60. The summed E-state index contributed by atoms with van der Waals surface area (Å²) in [7, 11) is 0. The van der Waals surface area contributed by atoms with Gasteiger partial charge in [0.2, 0.25) is 0 Å². The van der Waals surface area contributed by atoms with Crippen LogP contribution in [0.4, 0.5) is 0 Å². The lowest BCUT2D eigenvalue weighted by Gasteiger charge is -2.35. The topological polar surface area (TPSA) is 87.6 Å². The molecule has 0 fully saturated rings. The lowest BCUT2D eigenvalue weighted by atomic mass is 9.81. The zero-order chi connectivity index (χ0) is 20.0. The van der Waals surface area contributed by atoms with Crippen LogP contribution in [0, 0.1) is 11.3 Å². The van der Waals surface area contributed by atoms with Gasteiger partial charge in [0, 0.05) is 27.6 Å². The average molecular weight is 397 g/mol. The first-order valence-corrected chi connectivity index (χ1v) is 9.84. The second-order valence-corrected chi connectivity index (χ2v) is 7.71. The standard InChI is InChI=1S/C22H15N5OS/c1-14(21-26-19(11-29-21)16-8-6-15(10-23)7-9-16)22(28)12-27-20(24-13-25-27)17-4-2-3-5-18(17)22/h2-9,11,13,28H,1,12H2/t22-/m1/s1. The lowest BCUT2D eigenvalue weighted by molar-refractivity contribution is 0.0739. The molecule has 29 heavy (non-hydrogen) atoms. The van der Waals surface area contributed by atoms with Crippen molar-refractivity contribution in [2.24, 2.45) is 0 Å². The van der Waals surface area contributed by atoms with Crippen molar-refractivity contribution >= 4 is 16.9 Å². The van der Waals surface area contributed by atoms with E-state index < -0.39 is 5.60 Å². The molecule has 5 rings (SSSR count). The molecule has 1 N–H and O–H groups in total. The molecule has 2 aromatic carbocycles. The summed E-state index contributed by atoms with van der Waals surface area (Å²) in [6.45, 7) is 4.43. The van der Waals surface area contributed by atoms with Crippen molar-refractivity contribution in [3.05, 3.63) is 83.0 Å². The van der Waals surface area contributed by atoms with Crippen LogP contribution in [0.25, 0.3) is 28.2 Å². The van der Waals surface area contributed by atoms with E-state index in [4.69, 9.17) is 10.2 Å². The van der Waals surface area contributed by atoms with Gasteiger partial charge in [-0.25, -0.2) is 14.6 Å². The van der Waals surface area contributed by atoms with Crippen LogP contribution in [0.15, 0.2) is 66.8 Å². The van der Waals surface area contributed by atoms with Crippen molar-refractivity contribution in [1.82, 2.24) is 19.7 Å². The van der Waals surface area contributed by atoms with E-state index in [0.717, 1.165) is 28.2 Å². The maximum Gasteiger partial charge on any atom is 0.158 e. The van der Waals surface area contributed by atoms with E-state index >= 15 is 0 Å². The molecule has 0 unspecified atom stereocenters. The molecule has 4 aromatic rings. The predicted octanol–water partition coefficient (Wildman–Crippen LogP) is 3.85. The SMILES string of the molecule is C=C(c1nc(-c2ccc(C#N)cc2)cs1)[C@]1(O)Cn2ncnc2-c2ccccc21. The van der Waals surface area contributed by atoms with Crippen LogP contribution in [0.5, 0.6) is 0 Å². The number of nitrogens with zero attached hydrogens (tertiary/aromatic N) is 5. The highest BCUT2D eigenvalue weighted by Gasteiger charge is 2.42. The molecule has 0 saturated heterocycles. The number of nitriles is 1. The highest BCUT2D eigenvalue weighted by Crippen LogP contribution is 2.45. The van der Waals surface area contributed by atoms with Gasteiger partial charge in [-0.1, -0.05) is 43.0 Å². The van der Waals surface area contributed by atoms with Gasteiger partial charge in [0.1, 0.15) is 16.9 Å². The third-order valence-electron chi connectivity index (χ3n) is 5.18. The monoisotopic (exact) mass is 397 g/mol. The Morgan fingerprint density at radius 2 is 2.00 bits per heavy atom. The minimum Gasteiger partial charge on any atom is -0.378 e. The molecule has 2 aromatic heterocycles. The first-order valence-electron chi connectivity index (χ1n) is 8.96. The molecule has 0 radical (unpaired) electrons. The number of thiazole rings is 1. The molecule has 1 aliphatic heterocycles. The van der Waals surface area contributed by atoms with Crippen molar-refractivity contribution in [2.45, 2.75) is 12.1 Å². The first-order chi connectivity index (χ1) is 14.1. The molecule has 0 spiro atoms. The maximum absolute atomic E-state index is 11.7. The van der Waals surface area contributed by atoms with Crippen molar-refractivity contribution in [3.63, 3.8) is 0 Å². The van der Waals surface area contributed by atoms with Crippen LogP contribution >= 0.6 is 11.3 Å². The Morgan fingerprint density at radius 1 is 1.21 bits per heavy atom. The Morgan fingerprint density at radius 3 is 2.79 bits per heavy atom. The Kier molecular flexibility index (Phi) is 3.91. The van der Waals surface area contributed by atoms with Gasteiger partial charge >= 0.3 is 0 Å². The summed E-state index contributed by atoms with van der Waals surface area (Å²) in [5, 5.41) is 27.5. The number of benzene rings is 2. The molecule has 7 heteroatoms. The normalized spacial score (nSPS) is 17.2.